The number of benzene rings is 1. The highest BCUT2D eigenvalue weighted by molar-refractivity contribution is 9.10. The Kier molecular flexibility index (Phi) is 2.89. The molecule has 0 radical (unpaired) electrons. The number of hydrogen-bond donors (Lipinski definition) is 0. The van der Waals surface area contributed by atoms with E-state index in [2.05, 4.69) is 34.3 Å². The van der Waals surface area contributed by atoms with Crippen molar-refractivity contribution in [2.24, 2.45) is 0 Å². The summed E-state index contributed by atoms with van der Waals surface area (Å²) in [6, 6.07) is 8.26. The molecule has 0 spiro atoms. The van der Waals surface area contributed by atoms with E-state index in [-0.39, 0.29) is 11.8 Å². The highest BCUT2D eigenvalue weighted by atomic mass is 79.9. The van der Waals surface area contributed by atoms with Gasteiger partial charge in [0.05, 0.1) is 11.2 Å². The number of halogens is 1. The zero-order valence-corrected chi connectivity index (χ0v) is 11.2. The summed E-state index contributed by atoms with van der Waals surface area (Å²) in [6.45, 7) is 5.79. The minimum atomic E-state index is 0.108. The number of hydrogen-bond acceptors (Lipinski definition) is 1. The molecule has 1 aromatic carbocycles. The summed E-state index contributed by atoms with van der Waals surface area (Å²) in [5.74, 6) is 0.108. The molecule has 1 heterocycles. The molecule has 0 fully saturated rings. The van der Waals surface area contributed by atoms with Crippen LogP contribution in [0, 0.1) is 0 Å². The Morgan fingerprint density at radius 2 is 2.06 bits per heavy atom. The Morgan fingerprint density at radius 3 is 2.62 bits per heavy atom. The van der Waals surface area contributed by atoms with Crippen LogP contribution in [0.15, 0.2) is 28.7 Å². The molecular formula is C13H14BrNO. The van der Waals surface area contributed by atoms with Crippen LogP contribution in [0.1, 0.15) is 37.3 Å². The molecule has 16 heavy (non-hydrogen) atoms. The van der Waals surface area contributed by atoms with Crippen LogP contribution in [0.5, 0.6) is 0 Å². The molecule has 1 aromatic heterocycles. The maximum absolute atomic E-state index is 11.6. The van der Waals surface area contributed by atoms with Crippen molar-refractivity contribution >= 4 is 32.6 Å². The summed E-state index contributed by atoms with van der Waals surface area (Å²) >= 11 is 3.55. The number of fused-ring (bicyclic) bond motifs is 1. The van der Waals surface area contributed by atoms with Gasteiger partial charge in [0.25, 0.3) is 0 Å². The normalized spacial score (nSPS) is 11.3. The Labute approximate surface area is 103 Å². The molecule has 0 amide bonds. The number of carbonyl (C=O) groups is 1. The van der Waals surface area contributed by atoms with Gasteiger partial charge >= 0.3 is 0 Å². The second-order valence-corrected chi connectivity index (χ2v) is 5.08. The molecule has 2 aromatic rings. The Hall–Kier alpha value is -1.09. The van der Waals surface area contributed by atoms with Gasteiger partial charge in [0.2, 0.25) is 0 Å². The highest BCUT2D eigenvalue weighted by Gasteiger charge is 2.15. The summed E-state index contributed by atoms with van der Waals surface area (Å²) < 4.78 is 3.12. The third kappa shape index (κ3) is 1.69. The Bertz CT molecular complexity index is 554. The van der Waals surface area contributed by atoms with E-state index in [1.54, 1.807) is 6.92 Å². The smallest absolute Gasteiger partial charge is 0.176 e. The van der Waals surface area contributed by atoms with Gasteiger partial charge in [-0.1, -0.05) is 12.1 Å². The van der Waals surface area contributed by atoms with Gasteiger partial charge in [-0.25, -0.2) is 0 Å². The molecule has 3 heteroatoms. The van der Waals surface area contributed by atoms with E-state index < -0.39 is 0 Å². The molecule has 0 atom stereocenters. The first-order chi connectivity index (χ1) is 7.52. The number of Topliss-reactive ketones (excluding diaryl/α,β-unsaturated/α-hetero) is 1. The number of ketones is 1. The lowest BCUT2D eigenvalue weighted by molar-refractivity contribution is 0.100. The van der Waals surface area contributed by atoms with Crippen LogP contribution >= 0.6 is 15.9 Å². The summed E-state index contributed by atoms with van der Waals surface area (Å²) in [5, 5.41) is 1.10. The molecule has 0 saturated heterocycles. The summed E-state index contributed by atoms with van der Waals surface area (Å²) in [4.78, 5) is 11.6. The molecule has 0 aliphatic rings. The topological polar surface area (TPSA) is 22.0 Å². The quantitative estimate of drug-likeness (QED) is 0.756. The van der Waals surface area contributed by atoms with Gasteiger partial charge in [-0.3, -0.25) is 4.79 Å². The van der Waals surface area contributed by atoms with E-state index >= 15 is 0 Å². The molecule has 0 aliphatic carbocycles. The number of aromatic nitrogens is 1. The highest BCUT2D eigenvalue weighted by Crippen LogP contribution is 2.30. The van der Waals surface area contributed by atoms with Crippen LogP contribution in [0.25, 0.3) is 10.9 Å². The van der Waals surface area contributed by atoms with E-state index in [0.717, 1.165) is 21.1 Å². The zero-order chi connectivity index (χ0) is 11.9. The van der Waals surface area contributed by atoms with Gasteiger partial charge in [-0.05, 0) is 41.9 Å². The van der Waals surface area contributed by atoms with E-state index in [4.69, 9.17) is 0 Å². The van der Waals surface area contributed by atoms with Gasteiger partial charge in [-0.15, -0.1) is 0 Å². The van der Waals surface area contributed by atoms with Crippen LogP contribution in [0.4, 0.5) is 0 Å². The van der Waals surface area contributed by atoms with E-state index in [9.17, 15) is 4.79 Å². The molecular weight excluding hydrogens is 266 g/mol. The first kappa shape index (κ1) is 11.4. The standard InChI is InChI=1S/C13H14BrNO/c1-8(2)15-12(9(3)16)7-10-5-4-6-11(14)13(10)15/h4-8H,1-3H3. The third-order valence-electron chi connectivity index (χ3n) is 2.69. The summed E-state index contributed by atoms with van der Waals surface area (Å²) in [5.41, 5.74) is 1.87. The van der Waals surface area contributed by atoms with Gasteiger partial charge in [-0.2, -0.15) is 0 Å². The maximum atomic E-state index is 11.6. The minimum Gasteiger partial charge on any atom is -0.335 e. The second-order valence-electron chi connectivity index (χ2n) is 4.23. The van der Waals surface area contributed by atoms with Crippen molar-refractivity contribution in [1.82, 2.24) is 4.57 Å². The predicted octanol–water partition coefficient (Wildman–Crippen LogP) is 4.19. The third-order valence-corrected chi connectivity index (χ3v) is 3.33. The second kappa shape index (κ2) is 4.06. The minimum absolute atomic E-state index is 0.108. The van der Waals surface area contributed by atoms with Crippen LogP contribution in [0.2, 0.25) is 0 Å². The predicted molar refractivity (Wildman–Crippen MR) is 70.0 cm³/mol. The van der Waals surface area contributed by atoms with Gasteiger partial charge in [0, 0.05) is 22.8 Å². The molecule has 0 saturated carbocycles. The number of nitrogens with zero attached hydrogens (tertiary/aromatic N) is 1. The number of carbonyl (C=O) groups excluding carboxylic acids is 1. The van der Waals surface area contributed by atoms with Crippen LogP contribution in [0.3, 0.4) is 0 Å². The average Bonchev–Trinajstić information content (AvgIpc) is 2.58. The summed E-state index contributed by atoms with van der Waals surface area (Å²) in [7, 11) is 0. The van der Waals surface area contributed by atoms with Gasteiger partial charge < -0.3 is 4.57 Å². The Balaban J connectivity index is 2.88. The van der Waals surface area contributed by atoms with Crippen molar-refractivity contribution < 1.29 is 4.79 Å². The molecule has 84 valence electrons. The lowest BCUT2D eigenvalue weighted by Gasteiger charge is -2.13. The monoisotopic (exact) mass is 279 g/mol. The average molecular weight is 280 g/mol. The van der Waals surface area contributed by atoms with Crippen molar-refractivity contribution in [1.29, 1.82) is 0 Å². The van der Waals surface area contributed by atoms with Crippen LogP contribution < -0.4 is 0 Å². The largest absolute Gasteiger partial charge is 0.335 e. The first-order valence-electron chi connectivity index (χ1n) is 5.32. The number of rotatable bonds is 2. The van der Waals surface area contributed by atoms with Crippen molar-refractivity contribution in [2.75, 3.05) is 0 Å². The zero-order valence-electron chi connectivity index (χ0n) is 9.62. The summed E-state index contributed by atoms with van der Waals surface area (Å²) in [6.07, 6.45) is 0. The van der Waals surface area contributed by atoms with E-state index in [1.165, 1.54) is 0 Å². The first-order valence-corrected chi connectivity index (χ1v) is 6.12. The SMILES string of the molecule is CC(=O)c1cc2cccc(Br)c2n1C(C)C. The van der Waals surface area contributed by atoms with Gasteiger partial charge in [0.15, 0.2) is 5.78 Å². The maximum Gasteiger partial charge on any atom is 0.176 e. The molecule has 0 aliphatic heterocycles. The van der Waals surface area contributed by atoms with Crippen LogP contribution in [-0.4, -0.2) is 10.4 Å². The molecule has 2 rings (SSSR count). The van der Waals surface area contributed by atoms with Crippen molar-refractivity contribution in [3.05, 3.63) is 34.4 Å². The lowest BCUT2D eigenvalue weighted by atomic mass is 10.2. The van der Waals surface area contributed by atoms with Gasteiger partial charge in [0.1, 0.15) is 0 Å². The van der Waals surface area contributed by atoms with Crippen molar-refractivity contribution in [2.45, 2.75) is 26.8 Å². The fraction of sp³-hybridized carbons (Fsp3) is 0.308. The lowest BCUT2D eigenvalue weighted by Crippen LogP contribution is -2.08. The fourth-order valence-electron chi connectivity index (χ4n) is 2.05. The molecule has 0 N–H and O–H groups in total. The molecule has 2 nitrogen and oxygen atoms in total. The molecule has 0 unspecified atom stereocenters. The fourth-order valence-corrected chi connectivity index (χ4v) is 2.62. The van der Waals surface area contributed by atoms with Crippen LogP contribution in [-0.2, 0) is 0 Å². The van der Waals surface area contributed by atoms with E-state index in [0.29, 0.717) is 0 Å². The van der Waals surface area contributed by atoms with E-state index in [1.807, 2.05) is 24.3 Å². The molecule has 0 bridgehead atoms. The van der Waals surface area contributed by atoms with Crippen molar-refractivity contribution in [3.8, 4) is 0 Å². The Morgan fingerprint density at radius 1 is 1.38 bits per heavy atom. The number of para-hydroxylation sites is 1. The van der Waals surface area contributed by atoms with Crippen molar-refractivity contribution in [3.63, 3.8) is 0 Å².